The Bertz CT molecular complexity index is 423. The largest absolute Gasteiger partial charge is 0.486 e. The zero-order chi connectivity index (χ0) is 12.1. The third kappa shape index (κ3) is 3.09. The fraction of sp³-hybridized carbons (Fsp3) is 0.357. The maximum absolute atomic E-state index is 11.2. The maximum Gasteiger partial charge on any atom is 0.305 e. The predicted octanol–water partition coefficient (Wildman–Crippen LogP) is 2.80. The summed E-state index contributed by atoms with van der Waals surface area (Å²) in [5.74, 6) is 0.715. The molecule has 0 aromatic heterocycles. The van der Waals surface area contributed by atoms with Crippen molar-refractivity contribution in [1.29, 1.82) is 0 Å². The lowest BCUT2D eigenvalue weighted by Crippen LogP contribution is -2.18. The molecule has 2 rings (SSSR count). The lowest BCUT2D eigenvalue weighted by atomic mass is 10.1. The van der Waals surface area contributed by atoms with E-state index < -0.39 is 0 Å². The van der Waals surface area contributed by atoms with Gasteiger partial charge in [0, 0.05) is 12.0 Å². The third-order valence-electron chi connectivity index (χ3n) is 2.63. The minimum Gasteiger partial charge on any atom is -0.486 e. The maximum atomic E-state index is 11.2. The van der Waals surface area contributed by atoms with Crippen LogP contribution in [0.4, 0.5) is 0 Å². The van der Waals surface area contributed by atoms with Gasteiger partial charge in [0.1, 0.15) is 11.9 Å². The summed E-state index contributed by atoms with van der Waals surface area (Å²) in [4.78, 5) is 11.2. The molecule has 0 aliphatic carbocycles. The van der Waals surface area contributed by atoms with Gasteiger partial charge in [-0.15, -0.1) is 0 Å². The number of hydrogen-bond donors (Lipinski definition) is 0. The molecule has 3 heteroatoms. The molecule has 0 N–H and O–H groups in total. The lowest BCUT2D eigenvalue weighted by Gasteiger charge is -2.20. The van der Waals surface area contributed by atoms with Crippen LogP contribution in [0, 0.1) is 0 Å². The van der Waals surface area contributed by atoms with Gasteiger partial charge in [-0.1, -0.05) is 24.3 Å². The van der Waals surface area contributed by atoms with Gasteiger partial charge in [0.05, 0.1) is 6.61 Å². The van der Waals surface area contributed by atoms with Crippen LogP contribution in [0.1, 0.15) is 25.3 Å². The summed E-state index contributed by atoms with van der Waals surface area (Å²) < 4.78 is 10.6. The van der Waals surface area contributed by atoms with Gasteiger partial charge < -0.3 is 9.47 Å². The van der Waals surface area contributed by atoms with Crippen LogP contribution in [-0.4, -0.2) is 18.7 Å². The molecular formula is C14H16O3. The molecule has 1 aliphatic rings. The summed E-state index contributed by atoms with van der Waals surface area (Å²) in [7, 11) is 0. The number of para-hydroxylation sites is 1. The number of fused-ring (bicyclic) bond motifs is 1. The molecule has 3 nitrogen and oxygen atoms in total. The molecule has 1 aromatic carbocycles. The Morgan fingerprint density at radius 3 is 3.06 bits per heavy atom. The number of esters is 1. The molecule has 1 unspecified atom stereocenters. The number of carbonyl (C=O) groups is 1. The number of carbonyl (C=O) groups excluding carboxylic acids is 1. The molecule has 17 heavy (non-hydrogen) atoms. The van der Waals surface area contributed by atoms with Crippen LogP contribution in [0.2, 0.25) is 0 Å². The normalized spacial score (nSPS) is 17.1. The number of benzene rings is 1. The number of rotatable bonds is 4. The van der Waals surface area contributed by atoms with Crippen molar-refractivity contribution in [3.63, 3.8) is 0 Å². The van der Waals surface area contributed by atoms with E-state index >= 15 is 0 Å². The smallest absolute Gasteiger partial charge is 0.305 e. The standard InChI is InChI=1S/C14H16O3/c1-2-16-14(15)10-9-12-8-7-11-5-3-4-6-13(11)17-12/h3-8,12H,2,9-10H2,1H3. The third-order valence-corrected chi connectivity index (χ3v) is 2.63. The second kappa shape index (κ2) is 5.53. The van der Waals surface area contributed by atoms with Crippen molar-refractivity contribution in [3.8, 4) is 5.75 Å². The summed E-state index contributed by atoms with van der Waals surface area (Å²) in [5.41, 5.74) is 1.08. The second-order valence-electron chi connectivity index (χ2n) is 3.90. The van der Waals surface area contributed by atoms with Crippen molar-refractivity contribution in [2.75, 3.05) is 6.61 Å². The van der Waals surface area contributed by atoms with Crippen LogP contribution < -0.4 is 4.74 Å². The molecule has 0 fully saturated rings. The van der Waals surface area contributed by atoms with E-state index in [0.717, 1.165) is 11.3 Å². The molecule has 1 aliphatic heterocycles. The average Bonchev–Trinajstić information content (AvgIpc) is 2.36. The van der Waals surface area contributed by atoms with Crippen molar-refractivity contribution in [2.45, 2.75) is 25.9 Å². The average molecular weight is 232 g/mol. The van der Waals surface area contributed by atoms with E-state index in [0.29, 0.717) is 19.4 Å². The van der Waals surface area contributed by atoms with E-state index in [9.17, 15) is 4.79 Å². The van der Waals surface area contributed by atoms with Crippen LogP contribution in [0.15, 0.2) is 30.3 Å². The Morgan fingerprint density at radius 2 is 2.24 bits per heavy atom. The first-order chi connectivity index (χ1) is 8.29. The Hall–Kier alpha value is -1.77. The van der Waals surface area contributed by atoms with E-state index in [2.05, 4.69) is 0 Å². The van der Waals surface area contributed by atoms with Gasteiger partial charge >= 0.3 is 5.97 Å². The van der Waals surface area contributed by atoms with E-state index in [1.54, 1.807) is 0 Å². The SMILES string of the molecule is CCOC(=O)CCC1C=Cc2ccccc2O1. The zero-order valence-corrected chi connectivity index (χ0v) is 9.89. The van der Waals surface area contributed by atoms with Gasteiger partial charge in [0.15, 0.2) is 0 Å². The van der Waals surface area contributed by atoms with Gasteiger partial charge in [0.2, 0.25) is 0 Å². The molecule has 1 heterocycles. The van der Waals surface area contributed by atoms with Gasteiger partial charge in [-0.25, -0.2) is 0 Å². The highest BCUT2D eigenvalue weighted by Gasteiger charge is 2.15. The summed E-state index contributed by atoms with van der Waals surface area (Å²) >= 11 is 0. The van der Waals surface area contributed by atoms with Crippen LogP contribution in [0.25, 0.3) is 6.08 Å². The second-order valence-corrected chi connectivity index (χ2v) is 3.90. The molecule has 90 valence electrons. The van der Waals surface area contributed by atoms with Gasteiger partial charge in [-0.2, -0.15) is 0 Å². The molecule has 0 saturated heterocycles. The Balaban J connectivity index is 1.88. The lowest BCUT2D eigenvalue weighted by molar-refractivity contribution is -0.143. The van der Waals surface area contributed by atoms with Crippen LogP contribution in [0.5, 0.6) is 5.75 Å². The number of ether oxygens (including phenoxy) is 2. The minimum absolute atomic E-state index is 0.0330. The Kier molecular flexibility index (Phi) is 3.81. The van der Waals surface area contributed by atoms with Crippen molar-refractivity contribution >= 4 is 12.0 Å². The molecule has 1 atom stereocenters. The molecule has 0 amide bonds. The summed E-state index contributed by atoms with van der Waals surface area (Å²) in [6.45, 7) is 2.24. The van der Waals surface area contributed by atoms with Crippen molar-refractivity contribution in [3.05, 3.63) is 35.9 Å². The number of hydrogen-bond acceptors (Lipinski definition) is 3. The Morgan fingerprint density at radius 1 is 1.41 bits per heavy atom. The topological polar surface area (TPSA) is 35.5 Å². The first kappa shape index (κ1) is 11.7. The molecule has 0 saturated carbocycles. The molecule has 0 radical (unpaired) electrons. The predicted molar refractivity (Wildman–Crippen MR) is 65.8 cm³/mol. The van der Waals surface area contributed by atoms with Crippen molar-refractivity contribution in [2.24, 2.45) is 0 Å². The quantitative estimate of drug-likeness (QED) is 0.749. The summed E-state index contributed by atoms with van der Waals surface area (Å²) in [6, 6.07) is 7.87. The fourth-order valence-electron chi connectivity index (χ4n) is 1.79. The van der Waals surface area contributed by atoms with Crippen LogP contribution in [0.3, 0.4) is 0 Å². The Labute approximate surface area is 101 Å². The zero-order valence-electron chi connectivity index (χ0n) is 9.89. The van der Waals surface area contributed by atoms with Crippen molar-refractivity contribution < 1.29 is 14.3 Å². The van der Waals surface area contributed by atoms with E-state index in [1.165, 1.54) is 0 Å². The highest BCUT2D eigenvalue weighted by molar-refractivity contribution is 5.69. The molecular weight excluding hydrogens is 216 g/mol. The molecule has 0 bridgehead atoms. The fourth-order valence-corrected chi connectivity index (χ4v) is 1.79. The van der Waals surface area contributed by atoms with Crippen LogP contribution >= 0.6 is 0 Å². The monoisotopic (exact) mass is 232 g/mol. The van der Waals surface area contributed by atoms with Crippen molar-refractivity contribution in [1.82, 2.24) is 0 Å². The minimum atomic E-state index is -0.164. The van der Waals surface area contributed by atoms with Gasteiger partial charge in [0.25, 0.3) is 0 Å². The van der Waals surface area contributed by atoms with Gasteiger partial charge in [-0.3, -0.25) is 4.79 Å². The van der Waals surface area contributed by atoms with Crippen LogP contribution in [-0.2, 0) is 9.53 Å². The first-order valence-corrected chi connectivity index (χ1v) is 5.89. The van der Waals surface area contributed by atoms with Gasteiger partial charge in [-0.05, 0) is 25.5 Å². The highest BCUT2D eigenvalue weighted by Crippen LogP contribution is 2.26. The highest BCUT2D eigenvalue weighted by atomic mass is 16.5. The van der Waals surface area contributed by atoms with E-state index in [4.69, 9.17) is 9.47 Å². The van der Waals surface area contributed by atoms with E-state index in [-0.39, 0.29) is 12.1 Å². The molecule has 0 spiro atoms. The first-order valence-electron chi connectivity index (χ1n) is 5.89. The molecule has 1 aromatic rings. The van der Waals surface area contributed by atoms with E-state index in [1.807, 2.05) is 43.3 Å². The summed E-state index contributed by atoms with van der Waals surface area (Å²) in [6.07, 6.45) is 5.04. The summed E-state index contributed by atoms with van der Waals surface area (Å²) in [5, 5.41) is 0.